The number of benzene rings is 1. The zero-order chi connectivity index (χ0) is 19.2. The lowest BCUT2D eigenvalue weighted by Gasteiger charge is -2.14. The van der Waals surface area contributed by atoms with Crippen LogP contribution in [0.2, 0.25) is 0 Å². The van der Waals surface area contributed by atoms with Gasteiger partial charge >= 0.3 is 6.18 Å². The maximum Gasteiger partial charge on any atom is 0.433 e. The van der Waals surface area contributed by atoms with E-state index in [4.69, 9.17) is 0 Å². The lowest BCUT2D eigenvalue weighted by molar-refractivity contribution is -0.139. The molecule has 0 unspecified atom stereocenters. The van der Waals surface area contributed by atoms with Crippen LogP contribution in [0.25, 0.3) is 22.2 Å². The van der Waals surface area contributed by atoms with Gasteiger partial charge in [-0.15, -0.1) is 0 Å². The number of fused-ring (bicyclic) bond motifs is 1. The van der Waals surface area contributed by atoms with Gasteiger partial charge in [-0.25, -0.2) is 4.98 Å². The van der Waals surface area contributed by atoms with E-state index < -0.39 is 17.3 Å². The molecular weight excluding hydrogens is 357 g/mol. The molecule has 2 aromatic heterocycles. The zero-order valence-corrected chi connectivity index (χ0v) is 14.1. The molecular formula is C19H17F3N4O. The zero-order valence-electron chi connectivity index (χ0n) is 14.1. The molecule has 1 aromatic carbocycles. The minimum absolute atomic E-state index is 0. The summed E-state index contributed by atoms with van der Waals surface area (Å²) in [5, 5.41) is 24.4. The van der Waals surface area contributed by atoms with Crippen LogP contribution >= 0.6 is 0 Å². The van der Waals surface area contributed by atoms with Gasteiger partial charge in [0.25, 0.3) is 0 Å². The molecule has 2 N–H and O–H groups in total. The van der Waals surface area contributed by atoms with Gasteiger partial charge in [0, 0.05) is 14.2 Å². The molecule has 8 heteroatoms. The highest BCUT2D eigenvalue weighted by atomic mass is 19.4. The number of rotatable bonds is 4. The van der Waals surface area contributed by atoms with E-state index in [1.807, 2.05) is 11.2 Å². The predicted molar refractivity (Wildman–Crippen MR) is 93.8 cm³/mol. The van der Waals surface area contributed by atoms with Gasteiger partial charge in [-0.05, 0) is 53.6 Å². The molecule has 2 heterocycles. The maximum atomic E-state index is 13.4. The average molecular weight is 374 g/mol. The van der Waals surface area contributed by atoms with E-state index in [2.05, 4.69) is 16.2 Å². The van der Waals surface area contributed by atoms with Crippen LogP contribution < -0.4 is 0 Å². The second kappa shape index (κ2) is 6.06. The number of pyridine rings is 1. The molecule has 1 fully saturated rings. The van der Waals surface area contributed by atoms with Crippen LogP contribution in [0.4, 0.5) is 13.2 Å². The summed E-state index contributed by atoms with van der Waals surface area (Å²) in [6.45, 7) is -0.0896. The minimum atomic E-state index is -4.59. The Hall–Kier alpha value is -2.92. The van der Waals surface area contributed by atoms with E-state index >= 15 is 0 Å². The van der Waals surface area contributed by atoms with Crippen LogP contribution in [-0.2, 0) is 18.0 Å². The van der Waals surface area contributed by atoms with Crippen LogP contribution in [0, 0.1) is 11.3 Å². The number of hydrogen-bond donors (Lipinski definition) is 2. The third-order valence-corrected chi connectivity index (χ3v) is 4.96. The molecule has 140 valence electrons. The summed E-state index contributed by atoms with van der Waals surface area (Å²) in [4.78, 5) is 3.93. The van der Waals surface area contributed by atoms with Crippen LogP contribution in [0.15, 0.2) is 30.5 Å². The Morgan fingerprint density at radius 3 is 2.70 bits per heavy atom. The van der Waals surface area contributed by atoms with Gasteiger partial charge in [0.05, 0.1) is 16.9 Å². The van der Waals surface area contributed by atoms with E-state index in [9.17, 15) is 23.5 Å². The number of halogens is 3. The summed E-state index contributed by atoms with van der Waals surface area (Å²) in [7, 11) is 0. The summed E-state index contributed by atoms with van der Waals surface area (Å²) >= 11 is 0. The largest absolute Gasteiger partial charge is 0.433 e. The van der Waals surface area contributed by atoms with Gasteiger partial charge < -0.3 is 5.11 Å². The number of nitrogens with one attached hydrogen (secondary N) is 1. The number of alkyl halides is 3. The fraction of sp³-hybridized carbons (Fsp3) is 0.316. The van der Waals surface area contributed by atoms with Gasteiger partial charge in [0.2, 0.25) is 0 Å². The lowest BCUT2D eigenvalue weighted by atomic mass is 9.90. The Kier molecular flexibility index (Phi) is 3.93. The van der Waals surface area contributed by atoms with Crippen LogP contribution in [0.5, 0.6) is 0 Å². The number of nitriles is 1. The topological polar surface area (TPSA) is 85.6 Å². The molecule has 1 aliphatic carbocycles. The SMILES string of the molecule is N#CC1(c2cc(CCO)cc(-c3ccnc4n[nH]c(C(F)(F)F)c34)c2)CC1.[HH]. The molecule has 1 saturated carbocycles. The number of aliphatic hydroxyl groups excluding tert-OH is 1. The van der Waals surface area contributed by atoms with Crippen molar-refractivity contribution >= 4 is 11.0 Å². The highest BCUT2D eigenvalue weighted by molar-refractivity contribution is 5.95. The number of aromatic amines is 1. The second-order valence-electron chi connectivity index (χ2n) is 6.74. The molecule has 1 aliphatic rings. The van der Waals surface area contributed by atoms with Gasteiger partial charge in [-0.2, -0.15) is 23.5 Å². The monoisotopic (exact) mass is 374 g/mol. The highest BCUT2D eigenvalue weighted by Crippen LogP contribution is 2.49. The van der Waals surface area contributed by atoms with Gasteiger partial charge in [-0.3, -0.25) is 5.10 Å². The van der Waals surface area contributed by atoms with Crippen LogP contribution in [0.3, 0.4) is 0 Å². The van der Waals surface area contributed by atoms with Crippen molar-refractivity contribution in [3.8, 4) is 17.2 Å². The number of hydrogen-bond acceptors (Lipinski definition) is 4. The molecule has 0 aliphatic heterocycles. The van der Waals surface area contributed by atoms with E-state index in [1.165, 1.54) is 12.3 Å². The summed E-state index contributed by atoms with van der Waals surface area (Å²) in [5.41, 5.74) is 0.885. The molecule has 0 atom stereocenters. The molecule has 0 radical (unpaired) electrons. The van der Waals surface area contributed by atoms with Gasteiger partial charge in [0.15, 0.2) is 5.65 Å². The summed E-state index contributed by atoms with van der Waals surface area (Å²) < 4.78 is 40.2. The Balaban J connectivity index is 0.00000225. The highest BCUT2D eigenvalue weighted by Gasteiger charge is 2.45. The molecule has 0 spiro atoms. The molecule has 27 heavy (non-hydrogen) atoms. The van der Waals surface area contributed by atoms with Crippen molar-refractivity contribution in [3.63, 3.8) is 0 Å². The number of nitrogens with zero attached hydrogens (tertiary/aromatic N) is 3. The normalized spacial score (nSPS) is 15.7. The first-order valence-corrected chi connectivity index (χ1v) is 8.45. The third-order valence-electron chi connectivity index (χ3n) is 4.96. The fourth-order valence-electron chi connectivity index (χ4n) is 3.38. The van der Waals surface area contributed by atoms with Crippen molar-refractivity contribution in [1.29, 1.82) is 5.26 Å². The van der Waals surface area contributed by atoms with Crippen molar-refractivity contribution < 1.29 is 19.7 Å². The van der Waals surface area contributed by atoms with Crippen molar-refractivity contribution in [2.45, 2.75) is 30.9 Å². The Bertz CT molecular complexity index is 1070. The Labute approximate surface area is 154 Å². The number of H-pyrrole nitrogens is 1. The summed E-state index contributed by atoms with van der Waals surface area (Å²) in [6, 6.07) is 9.19. The smallest absolute Gasteiger partial charge is 0.396 e. The molecule has 0 saturated heterocycles. The molecule has 0 bridgehead atoms. The van der Waals surface area contributed by atoms with Gasteiger partial charge in [-0.1, -0.05) is 12.1 Å². The minimum Gasteiger partial charge on any atom is -0.396 e. The second-order valence-corrected chi connectivity index (χ2v) is 6.74. The van der Waals surface area contributed by atoms with Crippen molar-refractivity contribution in [2.75, 3.05) is 6.61 Å². The van der Waals surface area contributed by atoms with E-state index in [0.29, 0.717) is 17.5 Å². The molecule has 0 amide bonds. The van der Waals surface area contributed by atoms with E-state index in [1.54, 1.807) is 12.1 Å². The third kappa shape index (κ3) is 2.94. The summed E-state index contributed by atoms with van der Waals surface area (Å²) in [5.74, 6) is 0. The molecule has 4 rings (SSSR count). The van der Waals surface area contributed by atoms with Crippen molar-refractivity contribution in [2.24, 2.45) is 0 Å². The van der Waals surface area contributed by atoms with Gasteiger partial charge in [0.1, 0.15) is 5.69 Å². The van der Waals surface area contributed by atoms with Crippen molar-refractivity contribution in [3.05, 3.63) is 47.3 Å². The number of aliphatic hydroxyl groups is 1. The Morgan fingerprint density at radius 2 is 2.07 bits per heavy atom. The predicted octanol–water partition coefficient (Wildman–Crippen LogP) is 3.98. The van der Waals surface area contributed by atoms with Crippen LogP contribution in [0.1, 0.15) is 31.1 Å². The lowest BCUT2D eigenvalue weighted by Crippen LogP contribution is -2.07. The summed E-state index contributed by atoms with van der Waals surface area (Å²) in [6.07, 6.45) is -1.39. The van der Waals surface area contributed by atoms with E-state index in [0.717, 1.165) is 24.0 Å². The van der Waals surface area contributed by atoms with Crippen LogP contribution in [-0.4, -0.2) is 26.9 Å². The van der Waals surface area contributed by atoms with Crippen molar-refractivity contribution in [1.82, 2.24) is 15.2 Å². The molecule has 3 aromatic rings. The quantitative estimate of drug-likeness (QED) is 0.723. The number of aromatic nitrogens is 3. The Morgan fingerprint density at radius 1 is 1.30 bits per heavy atom. The standard InChI is InChI=1S/C19H15F3N4O.H2/c20-19(21,22)16-15-14(1-5-24-17(15)26-25-16)12-7-11(2-6-27)8-13(9-12)18(10-23)3-4-18;/h1,5,7-9,27H,2-4,6H2,(H,24,25,26);1H. The first-order chi connectivity index (χ1) is 12.9. The average Bonchev–Trinajstić information content (AvgIpc) is 3.31. The fourth-order valence-corrected chi connectivity index (χ4v) is 3.38. The maximum absolute atomic E-state index is 13.4. The first-order valence-electron chi connectivity index (χ1n) is 8.45. The molecule has 5 nitrogen and oxygen atoms in total. The van der Waals surface area contributed by atoms with E-state index in [-0.39, 0.29) is 19.1 Å². The first kappa shape index (κ1) is 17.5.